The van der Waals surface area contributed by atoms with E-state index in [0.717, 1.165) is 16.8 Å². The number of nitrogens with zero attached hydrogens (tertiary/aromatic N) is 1. The first-order chi connectivity index (χ1) is 20.7. The predicted molar refractivity (Wildman–Crippen MR) is 170 cm³/mol. The Hall–Kier alpha value is -4.91. The number of ether oxygens (including phenoxy) is 1. The molecule has 0 saturated carbocycles. The lowest BCUT2D eigenvalue weighted by atomic mass is 10.00. The SMILES string of the molecule is Cc1ccccc1N(CCCOc1ccc(C[C@H](Nc2ccccc2C(=O)c2ccccc2)C(=O)O)cc1)C(=O)C(C)C. The average molecular weight is 579 g/mol. The highest BCUT2D eigenvalue weighted by atomic mass is 16.5. The van der Waals surface area contributed by atoms with E-state index >= 15 is 0 Å². The van der Waals surface area contributed by atoms with Gasteiger partial charge in [0.2, 0.25) is 5.91 Å². The van der Waals surface area contributed by atoms with Crippen molar-refractivity contribution in [1.82, 2.24) is 0 Å². The van der Waals surface area contributed by atoms with Gasteiger partial charge in [-0.1, -0.05) is 86.6 Å². The molecule has 4 aromatic rings. The molecule has 7 heteroatoms. The fourth-order valence-corrected chi connectivity index (χ4v) is 4.84. The maximum Gasteiger partial charge on any atom is 0.326 e. The molecule has 222 valence electrons. The van der Waals surface area contributed by atoms with Crippen molar-refractivity contribution in [2.24, 2.45) is 5.92 Å². The summed E-state index contributed by atoms with van der Waals surface area (Å²) in [7, 11) is 0. The Kier molecular flexibility index (Phi) is 10.7. The second-order valence-corrected chi connectivity index (χ2v) is 10.8. The number of ketones is 1. The number of anilines is 2. The van der Waals surface area contributed by atoms with Crippen molar-refractivity contribution >= 4 is 29.0 Å². The number of carboxylic acid groups (broad SMARTS) is 1. The van der Waals surface area contributed by atoms with Crippen molar-refractivity contribution in [2.75, 3.05) is 23.4 Å². The predicted octanol–water partition coefficient (Wildman–Crippen LogP) is 6.79. The van der Waals surface area contributed by atoms with Crippen molar-refractivity contribution in [2.45, 2.75) is 39.7 Å². The molecule has 0 saturated heterocycles. The van der Waals surface area contributed by atoms with E-state index in [-0.39, 0.29) is 24.0 Å². The smallest absolute Gasteiger partial charge is 0.326 e. The Morgan fingerprint density at radius 1 is 0.837 bits per heavy atom. The molecule has 0 spiro atoms. The van der Waals surface area contributed by atoms with Crippen LogP contribution in [0, 0.1) is 12.8 Å². The van der Waals surface area contributed by atoms with Crippen LogP contribution in [0.5, 0.6) is 5.75 Å². The van der Waals surface area contributed by atoms with Crippen LogP contribution in [0.1, 0.15) is 47.3 Å². The number of para-hydroxylation sites is 2. The lowest BCUT2D eigenvalue weighted by Gasteiger charge is -2.26. The molecule has 2 N–H and O–H groups in total. The number of hydrogen-bond acceptors (Lipinski definition) is 5. The zero-order chi connectivity index (χ0) is 30.8. The third-order valence-electron chi connectivity index (χ3n) is 7.16. The van der Waals surface area contributed by atoms with Gasteiger partial charge in [-0.05, 0) is 54.8 Å². The van der Waals surface area contributed by atoms with Crippen molar-refractivity contribution in [1.29, 1.82) is 0 Å². The largest absolute Gasteiger partial charge is 0.494 e. The molecule has 0 aliphatic heterocycles. The van der Waals surface area contributed by atoms with Crippen LogP contribution in [0.15, 0.2) is 103 Å². The van der Waals surface area contributed by atoms with Crippen LogP contribution in [-0.4, -0.2) is 42.0 Å². The van der Waals surface area contributed by atoms with Crippen LogP contribution in [-0.2, 0) is 16.0 Å². The average Bonchev–Trinajstić information content (AvgIpc) is 3.02. The maximum absolute atomic E-state index is 13.1. The minimum absolute atomic E-state index is 0.0762. The fourth-order valence-electron chi connectivity index (χ4n) is 4.84. The number of benzene rings is 4. The molecule has 0 unspecified atom stereocenters. The summed E-state index contributed by atoms with van der Waals surface area (Å²) < 4.78 is 5.94. The number of nitrogens with one attached hydrogen (secondary N) is 1. The van der Waals surface area contributed by atoms with E-state index in [1.54, 1.807) is 48.5 Å². The summed E-state index contributed by atoms with van der Waals surface area (Å²) in [6, 6.07) is 30.1. The van der Waals surface area contributed by atoms with Crippen LogP contribution >= 0.6 is 0 Å². The van der Waals surface area contributed by atoms with Gasteiger partial charge in [0.15, 0.2) is 5.78 Å². The normalized spacial score (nSPS) is 11.5. The Morgan fingerprint density at radius 2 is 1.49 bits per heavy atom. The van der Waals surface area contributed by atoms with Crippen molar-refractivity contribution in [3.63, 3.8) is 0 Å². The van der Waals surface area contributed by atoms with E-state index in [9.17, 15) is 19.5 Å². The molecule has 0 fully saturated rings. The Morgan fingerprint density at radius 3 is 2.16 bits per heavy atom. The molecule has 4 rings (SSSR count). The second kappa shape index (κ2) is 14.8. The Labute approximate surface area is 253 Å². The van der Waals surface area contributed by atoms with Crippen molar-refractivity contribution in [3.8, 4) is 5.75 Å². The van der Waals surface area contributed by atoms with Crippen molar-refractivity contribution in [3.05, 3.63) is 125 Å². The van der Waals surface area contributed by atoms with Crippen LogP contribution in [0.4, 0.5) is 11.4 Å². The standard InChI is InChI=1S/C36H38N2O5/c1-25(2)35(40)38(33-17-10-7-12-26(33)3)22-11-23-43-29-20-18-27(19-21-29)24-32(36(41)42)37-31-16-9-8-15-30(31)34(39)28-13-5-4-6-14-28/h4-10,12-21,25,32,37H,11,22-24H2,1-3H3,(H,41,42)/t32-/m0/s1. The highest BCUT2D eigenvalue weighted by Crippen LogP contribution is 2.23. The number of rotatable bonds is 14. The Balaban J connectivity index is 1.35. The van der Waals surface area contributed by atoms with Gasteiger partial charge >= 0.3 is 5.97 Å². The lowest BCUT2D eigenvalue weighted by Crippen LogP contribution is -2.36. The molecular weight excluding hydrogens is 540 g/mol. The van der Waals surface area contributed by atoms with Gasteiger partial charge in [0.1, 0.15) is 11.8 Å². The minimum Gasteiger partial charge on any atom is -0.494 e. The van der Waals surface area contributed by atoms with Gasteiger partial charge in [-0.3, -0.25) is 9.59 Å². The summed E-state index contributed by atoms with van der Waals surface area (Å²) in [4.78, 5) is 40.0. The van der Waals surface area contributed by atoms with Crippen LogP contribution in [0.25, 0.3) is 0 Å². The molecule has 1 atom stereocenters. The summed E-state index contributed by atoms with van der Waals surface area (Å²) in [5.41, 5.74) is 4.20. The van der Waals surface area contributed by atoms with E-state index in [0.29, 0.717) is 42.1 Å². The van der Waals surface area contributed by atoms with Gasteiger partial charge in [-0.25, -0.2) is 4.79 Å². The number of hydrogen-bond donors (Lipinski definition) is 2. The first kappa shape index (κ1) is 31.0. The number of carbonyl (C=O) groups is 3. The first-order valence-electron chi connectivity index (χ1n) is 14.5. The first-order valence-corrected chi connectivity index (χ1v) is 14.5. The second-order valence-electron chi connectivity index (χ2n) is 10.8. The number of amides is 1. The van der Waals surface area contributed by atoms with E-state index in [1.807, 2.05) is 80.3 Å². The summed E-state index contributed by atoms with van der Waals surface area (Å²) in [5.74, 6) is -0.566. The van der Waals surface area contributed by atoms with Gasteiger partial charge in [0, 0.05) is 41.4 Å². The van der Waals surface area contributed by atoms with E-state index < -0.39 is 12.0 Å². The third-order valence-corrected chi connectivity index (χ3v) is 7.16. The number of carboxylic acids is 1. The minimum atomic E-state index is -1.02. The van der Waals surface area contributed by atoms with Gasteiger partial charge in [-0.2, -0.15) is 0 Å². The van der Waals surface area contributed by atoms with Crippen LogP contribution in [0.3, 0.4) is 0 Å². The zero-order valence-electron chi connectivity index (χ0n) is 24.8. The summed E-state index contributed by atoms with van der Waals surface area (Å²) in [6.45, 7) is 6.78. The molecule has 0 aliphatic carbocycles. The molecule has 0 radical (unpaired) electrons. The number of aryl methyl sites for hydroxylation is 1. The number of carbonyl (C=O) groups excluding carboxylic acids is 2. The fraction of sp³-hybridized carbons (Fsp3) is 0.250. The van der Waals surface area contributed by atoms with E-state index in [1.165, 1.54) is 0 Å². The van der Waals surface area contributed by atoms with E-state index in [4.69, 9.17) is 4.74 Å². The topological polar surface area (TPSA) is 95.9 Å². The zero-order valence-corrected chi connectivity index (χ0v) is 24.8. The van der Waals surface area contributed by atoms with Crippen molar-refractivity contribution < 1.29 is 24.2 Å². The molecule has 0 aromatic heterocycles. The molecule has 7 nitrogen and oxygen atoms in total. The molecule has 43 heavy (non-hydrogen) atoms. The van der Waals surface area contributed by atoms with E-state index in [2.05, 4.69) is 5.32 Å². The molecule has 0 aliphatic rings. The quantitative estimate of drug-likeness (QED) is 0.126. The molecule has 0 heterocycles. The summed E-state index contributed by atoms with van der Waals surface area (Å²) in [6.07, 6.45) is 0.868. The highest BCUT2D eigenvalue weighted by Gasteiger charge is 2.22. The van der Waals surface area contributed by atoms with Crippen LogP contribution < -0.4 is 15.0 Å². The van der Waals surface area contributed by atoms with Gasteiger partial charge in [0.05, 0.1) is 6.61 Å². The lowest BCUT2D eigenvalue weighted by molar-refractivity contribution is -0.137. The monoisotopic (exact) mass is 578 g/mol. The van der Waals surface area contributed by atoms with Gasteiger partial charge < -0.3 is 20.1 Å². The molecule has 4 aromatic carbocycles. The number of aliphatic carboxylic acids is 1. The van der Waals surface area contributed by atoms with Gasteiger partial charge in [0.25, 0.3) is 0 Å². The molecule has 0 bridgehead atoms. The van der Waals surface area contributed by atoms with Gasteiger partial charge in [-0.15, -0.1) is 0 Å². The molecule has 1 amide bonds. The summed E-state index contributed by atoms with van der Waals surface area (Å²) >= 11 is 0. The Bertz CT molecular complexity index is 1530. The summed E-state index contributed by atoms with van der Waals surface area (Å²) in [5, 5.41) is 13.0. The van der Waals surface area contributed by atoms with Crippen LogP contribution in [0.2, 0.25) is 0 Å². The highest BCUT2D eigenvalue weighted by molar-refractivity contribution is 6.12. The third kappa shape index (κ3) is 8.32. The maximum atomic E-state index is 13.1. The molecular formula is C36H38N2O5.